The van der Waals surface area contributed by atoms with E-state index in [-0.39, 0.29) is 5.78 Å². The SMILES string of the molecule is COC1(C(=O)Cc2ccn(C(C)C)n2)CCCCCC1. The Labute approximate surface area is 121 Å². The van der Waals surface area contributed by atoms with Gasteiger partial charge in [0.15, 0.2) is 5.78 Å². The maximum atomic E-state index is 12.7. The van der Waals surface area contributed by atoms with Gasteiger partial charge >= 0.3 is 0 Å². The summed E-state index contributed by atoms with van der Waals surface area (Å²) in [6, 6.07) is 2.27. The van der Waals surface area contributed by atoms with E-state index in [2.05, 4.69) is 18.9 Å². The molecular weight excluding hydrogens is 252 g/mol. The Hall–Kier alpha value is -1.16. The number of aromatic nitrogens is 2. The molecule has 0 radical (unpaired) electrons. The summed E-state index contributed by atoms with van der Waals surface area (Å²) in [5, 5.41) is 4.47. The molecule has 20 heavy (non-hydrogen) atoms. The second kappa shape index (κ2) is 6.53. The molecule has 1 heterocycles. The number of hydrogen-bond acceptors (Lipinski definition) is 3. The van der Waals surface area contributed by atoms with Crippen molar-refractivity contribution in [2.24, 2.45) is 0 Å². The van der Waals surface area contributed by atoms with Crippen LogP contribution >= 0.6 is 0 Å². The molecule has 0 bridgehead atoms. The van der Waals surface area contributed by atoms with Crippen LogP contribution in [0, 0.1) is 0 Å². The highest BCUT2D eigenvalue weighted by molar-refractivity contribution is 5.89. The van der Waals surface area contributed by atoms with E-state index in [1.807, 2.05) is 16.9 Å². The van der Waals surface area contributed by atoms with Gasteiger partial charge < -0.3 is 4.74 Å². The Kier molecular flexibility index (Phi) is 4.97. The van der Waals surface area contributed by atoms with Crippen molar-refractivity contribution in [2.75, 3.05) is 7.11 Å². The van der Waals surface area contributed by atoms with Crippen LogP contribution in [0.4, 0.5) is 0 Å². The van der Waals surface area contributed by atoms with Crippen LogP contribution in [0.3, 0.4) is 0 Å². The lowest BCUT2D eigenvalue weighted by molar-refractivity contribution is -0.142. The van der Waals surface area contributed by atoms with Crippen LogP contribution in [0.25, 0.3) is 0 Å². The summed E-state index contributed by atoms with van der Waals surface area (Å²) in [7, 11) is 1.68. The Bertz CT molecular complexity index is 443. The predicted molar refractivity (Wildman–Crippen MR) is 78.8 cm³/mol. The van der Waals surface area contributed by atoms with E-state index in [1.165, 1.54) is 12.8 Å². The molecule has 4 nitrogen and oxygen atoms in total. The highest BCUT2D eigenvalue weighted by atomic mass is 16.5. The number of rotatable bonds is 5. The fraction of sp³-hybridized carbons (Fsp3) is 0.750. The number of ketones is 1. The number of hydrogen-bond donors (Lipinski definition) is 0. The lowest BCUT2D eigenvalue weighted by Crippen LogP contribution is -2.41. The fourth-order valence-corrected chi connectivity index (χ4v) is 2.98. The van der Waals surface area contributed by atoms with E-state index in [4.69, 9.17) is 4.74 Å². The minimum Gasteiger partial charge on any atom is -0.370 e. The fourth-order valence-electron chi connectivity index (χ4n) is 2.98. The summed E-state index contributed by atoms with van der Waals surface area (Å²) >= 11 is 0. The Morgan fingerprint density at radius 3 is 2.50 bits per heavy atom. The molecule has 1 fully saturated rings. The number of carbonyl (C=O) groups is 1. The summed E-state index contributed by atoms with van der Waals surface area (Å²) in [6.45, 7) is 4.17. The maximum absolute atomic E-state index is 12.7. The molecule has 1 aliphatic carbocycles. The van der Waals surface area contributed by atoms with Gasteiger partial charge in [0.25, 0.3) is 0 Å². The average molecular weight is 278 g/mol. The standard InChI is InChI=1S/C16H26N2O2/c1-13(2)18-11-8-14(17-18)12-15(19)16(20-3)9-6-4-5-7-10-16/h8,11,13H,4-7,9-10,12H2,1-3H3. The molecule has 4 heteroatoms. The zero-order chi connectivity index (χ0) is 14.6. The van der Waals surface area contributed by atoms with Gasteiger partial charge in [0.05, 0.1) is 12.1 Å². The van der Waals surface area contributed by atoms with E-state index >= 15 is 0 Å². The van der Waals surface area contributed by atoms with E-state index in [0.717, 1.165) is 31.4 Å². The quantitative estimate of drug-likeness (QED) is 0.776. The highest BCUT2D eigenvalue weighted by Gasteiger charge is 2.38. The van der Waals surface area contributed by atoms with Crippen molar-refractivity contribution in [2.45, 2.75) is 70.4 Å². The minimum absolute atomic E-state index is 0.191. The van der Waals surface area contributed by atoms with Crippen LogP contribution in [0.1, 0.15) is 64.1 Å². The van der Waals surface area contributed by atoms with Crippen molar-refractivity contribution >= 4 is 5.78 Å². The first-order chi connectivity index (χ1) is 9.57. The third-order valence-electron chi connectivity index (χ3n) is 4.34. The largest absolute Gasteiger partial charge is 0.370 e. The van der Waals surface area contributed by atoms with Crippen LogP contribution in [0.5, 0.6) is 0 Å². The molecule has 0 N–H and O–H groups in total. The van der Waals surface area contributed by atoms with Crippen molar-refractivity contribution in [1.29, 1.82) is 0 Å². The molecule has 1 aliphatic rings. The Balaban J connectivity index is 2.07. The molecule has 0 aromatic carbocycles. The predicted octanol–water partition coefficient (Wildman–Crippen LogP) is 3.32. The van der Waals surface area contributed by atoms with Gasteiger partial charge in [0, 0.05) is 19.3 Å². The Morgan fingerprint density at radius 2 is 2.00 bits per heavy atom. The summed E-state index contributed by atoms with van der Waals surface area (Å²) in [4.78, 5) is 12.7. The number of Topliss-reactive ketones (excluding diaryl/α,β-unsaturated/α-hetero) is 1. The molecular formula is C16H26N2O2. The molecule has 1 aromatic rings. The summed E-state index contributed by atoms with van der Waals surface area (Å²) in [5.74, 6) is 0.191. The smallest absolute Gasteiger partial charge is 0.170 e. The number of nitrogens with zero attached hydrogens (tertiary/aromatic N) is 2. The number of methoxy groups -OCH3 is 1. The second-order valence-corrected chi connectivity index (χ2v) is 6.09. The van der Waals surface area contributed by atoms with Crippen molar-refractivity contribution in [1.82, 2.24) is 9.78 Å². The van der Waals surface area contributed by atoms with Gasteiger partial charge in [-0.2, -0.15) is 5.10 Å². The summed E-state index contributed by atoms with van der Waals surface area (Å²) in [5.41, 5.74) is 0.280. The zero-order valence-electron chi connectivity index (χ0n) is 12.9. The zero-order valence-corrected chi connectivity index (χ0v) is 12.9. The molecule has 0 aliphatic heterocycles. The first kappa shape index (κ1) is 15.2. The molecule has 112 valence electrons. The average Bonchev–Trinajstić information content (AvgIpc) is 2.75. The molecule has 2 rings (SSSR count). The molecule has 0 saturated heterocycles. The molecule has 1 aromatic heterocycles. The van der Waals surface area contributed by atoms with Crippen LogP contribution in [-0.4, -0.2) is 28.3 Å². The van der Waals surface area contributed by atoms with Gasteiger partial charge in [0.2, 0.25) is 0 Å². The van der Waals surface area contributed by atoms with Gasteiger partial charge in [-0.1, -0.05) is 25.7 Å². The van der Waals surface area contributed by atoms with E-state index < -0.39 is 5.60 Å². The number of carbonyl (C=O) groups excluding carboxylic acids is 1. The van der Waals surface area contributed by atoms with Crippen LogP contribution in [-0.2, 0) is 16.0 Å². The lowest BCUT2D eigenvalue weighted by Gasteiger charge is -2.29. The van der Waals surface area contributed by atoms with Gasteiger partial charge in [-0.15, -0.1) is 0 Å². The minimum atomic E-state index is -0.571. The topological polar surface area (TPSA) is 44.1 Å². The molecule has 1 saturated carbocycles. The molecule has 0 unspecified atom stereocenters. The summed E-state index contributed by atoms with van der Waals surface area (Å²) < 4.78 is 7.56. The van der Waals surface area contributed by atoms with Crippen molar-refractivity contribution in [3.63, 3.8) is 0 Å². The van der Waals surface area contributed by atoms with Crippen molar-refractivity contribution in [3.05, 3.63) is 18.0 Å². The van der Waals surface area contributed by atoms with E-state index in [0.29, 0.717) is 12.5 Å². The molecule has 0 spiro atoms. The molecule has 0 amide bonds. The Morgan fingerprint density at radius 1 is 1.35 bits per heavy atom. The number of ether oxygens (including phenoxy) is 1. The van der Waals surface area contributed by atoms with Gasteiger partial charge in [-0.25, -0.2) is 0 Å². The van der Waals surface area contributed by atoms with E-state index in [9.17, 15) is 4.79 Å². The van der Waals surface area contributed by atoms with Crippen LogP contribution in [0.15, 0.2) is 12.3 Å². The maximum Gasteiger partial charge on any atom is 0.170 e. The van der Waals surface area contributed by atoms with Crippen molar-refractivity contribution in [3.8, 4) is 0 Å². The first-order valence-corrected chi connectivity index (χ1v) is 7.70. The highest BCUT2D eigenvalue weighted by Crippen LogP contribution is 2.31. The lowest BCUT2D eigenvalue weighted by atomic mass is 9.87. The second-order valence-electron chi connectivity index (χ2n) is 6.09. The molecule has 0 atom stereocenters. The van der Waals surface area contributed by atoms with Crippen LogP contribution < -0.4 is 0 Å². The van der Waals surface area contributed by atoms with Gasteiger partial charge in [-0.05, 0) is 32.8 Å². The normalized spacial score (nSPS) is 19.0. The van der Waals surface area contributed by atoms with Gasteiger partial charge in [0.1, 0.15) is 5.60 Å². The third kappa shape index (κ3) is 3.29. The first-order valence-electron chi connectivity index (χ1n) is 7.70. The van der Waals surface area contributed by atoms with Gasteiger partial charge in [-0.3, -0.25) is 9.48 Å². The van der Waals surface area contributed by atoms with Crippen LogP contribution in [0.2, 0.25) is 0 Å². The monoisotopic (exact) mass is 278 g/mol. The van der Waals surface area contributed by atoms with Crippen molar-refractivity contribution < 1.29 is 9.53 Å². The van der Waals surface area contributed by atoms with E-state index in [1.54, 1.807) is 7.11 Å². The third-order valence-corrected chi connectivity index (χ3v) is 4.34. The summed E-state index contributed by atoms with van der Waals surface area (Å²) in [6.07, 6.45) is 8.62.